The zero-order chi connectivity index (χ0) is 13.2. The molecule has 0 saturated heterocycles. The Morgan fingerprint density at radius 1 is 1.39 bits per heavy atom. The van der Waals surface area contributed by atoms with Gasteiger partial charge in [0.15, 0.2) is 9.84 Å². The Labute approximate surface area is 109 Å². The van der Waals surface area contributed by atoms with Gasteiger partial charge < -0.3 is 10.6 Å². The first-order valence-electron chi connectivity index (χ1n) is 6.25. The fraction of sp³-hybridized carbons (Fsp3) is 0.538. The molecule has 2 N–H and O–H groups in total. The molecular weight excluding hydrogens is 248 g/mol. The van der Waals surface area contributed by atoms with Crippen molar-refractivity contribution in [3.05, 3.63) is 29.8 Å². The minimum absolute atomic E-state index is 0.175. The molecule has 0 amide bonds. The predicted molar refractivity (Wildman–Crippen MR) is 72.0 cm³/mol. The molecule has 1 aliphatic carbocycles. The Morgan fingerprint density at radius 2 is 2.11 bits per heavy atom. The van der Waals surface area contributed by atoms with Crippen molar-refractivity contribution in [2.75, 3.05) is 19.3 Å². The molecule has 1 fully saturated rings. The Hall–Kier alpha value is -0.910. The van der Waals surface area contributed by atoms with E-state index >= 15 is 0 Å². The zero-order valence-electron chi connectivity index (χ0n) is 10.7. The number of sulfone groups is 1. The average Bonchev–Trinajstić information content (AvgIpc) is 3.20. The van der Waals surface area contributed by atoms with Gasteiger partial charge in [-0.05, 0) is 37.6 Å². The van der Waals surface area contributed by atoms with Gasteiger partial charge in [-0.3, -0.25) is 0 Å². The van der Waals surface area contributed by atoms with Gasteiger partial charge in [0.2, 0.25) is 0 Å². The SMILES string of the molecule is CN(CCS(=O)(=O)c1cccc(CN)c1)C1CC1. The van der Waals surface area contributed by atoms with E-state index in [2.05, 4.69) is 4.90 Å². The highest BCUT2D eigenvalue weighted by Gasteiger charge is 2.27. The lowest BCUT2D eigenvalue weighted by Gasteiger charge is -2.15. The third-order valence-corrected chi connectivity index (χ3v) is 5.07. The van der Waals surface area contributed by atoms with E-state index in [1.807, 2.05) is 13.1 Å². The first kappa shape index (κ1) is 13.5. The van der Waals surface area contributed by atoms with Gasteiger partial charge in [0.05, 0.1) is 10.6 Å². The maximum absolute atomic E-state index is 12.2. The zero-order valence-corrected chi connectivity index (χ0v) is 11.5. The summed E-state index contributed by atoms with van der Waals surface area (Å²) in [6, 6.07) is 7.50. The molecule has 1 aromatic carbocycles. The Bertz CT molecular complexity index is 509. The van der Waals surface area contributed by atoms with Crippen LogP contribution in [0.2, 0.25) is 0 Å². The molecule has 1 aliphatic rings. The molecule has 0 spiro atoms. The summed E-state index contributed by atoms with van der Waals surface area (Å²) in [4.78, 5) is 2.51. The molecule has 0 aliphatic heterocycles. The molecule has 1 saturated carbocycles. The van der Waals surface area contributed by atoms with Crippen LogP contribution in [-0.4, -0.2) is 38.7 Å². The summed E-state index contributed by atoms with van der Waals surface area (Å²) in [5.74, 6) is 0.175. The highest BCUT2D eigenvalue weighted by atomic mass is 32.2. The van der Waals surface area contributed by atoms with E-state index < -0.39 is 9.84 Å². The normalized spacial score (nSPS) is 16.2. The van der Waals surface area contributed by atoms with Crippen molar-refractivity contribution in [2.45, 2.75) is 30.3 Å². The molecule has 0 bridgehead atoms. The lowest BCUT2D eigenvalue weighted by atomic mass is 10.2. The monoisotopic (exact) mass is 268 g/mol. The van der Waals surface area contributed by atoms with Crippen LogP contribution in [0.15, 0.2) is 29.2 Å². The third kappa shape index (κ3) is 3.31. The third-order valence-electron chi connectivity index (χ3n) is 3.38. The molecule has 0 aromatic heterocycles. The first-order chi connectivity index (χ1) is 8.53. The summed E-state index contributed by atoms with van der Waals surface area (Å²) in [5, 5.41) is 0. The van der Waals surface area contributed by atoms with Crippen molar-refractivity contribution < 1.29 is 8.42 Å². The Kier molecular flexibility index (Phi) is 4.04. The molecule has 100 valence electrons. The van der Waals surface area contributed by atoms with E-state index in [1.165, 1.54) is 12.8 Å². The van der Waals surface area contributed by atoms with Crippen LogP contribution >= 0.6 is 0 Å². The summed E-state index contributed by atoms with van der Waals surface area (Å²) in [7, 11) is -1.20. The topological polar surface area (TPSA) is 63.4 Å². The van der Waals surface area contributed by atoms with Crippen LogP contribution in [-0.2, 0) is 16.4 Å². The van der Waals surface area contributed by atoms with Gasteiger partial charge in [0, 0.05) is 19.1 Å². The summed E-state index contributed by atoms with van der Waals surface area (Å²) >= 11 is 0. The molecule has 0 radical (unpaired) electrons. The number of benzene rings is 1. The van der Waals surface area contributed by atoms with Gasteiger partial charge in [-0.15, -0.1) is 0 Å². The first-order valence-corrected chi connectivity index (χ1v) is 7.90. The van der Waals surface area contributed by atoms with Crippen LogP contribution in [0.4, 0.5) is 0 Å². The molecule has 18 heavy (non-hydrogen) atoms. The number of nitrogens with zero attached hydrogens (tertiary/aromatic N) is 1. The lowest BCUT2D eigenvalue weighted by Crippen LogP contribution is -2.27. The van der Waals surface area contributed by atoms with E-state index in [1.54, 1.807) is 18.2 Å². The Morgan fingerprint density at radius 3 is 2.72 bits per heavy atom. The summed E-state index contributed by atoms with van der Waals surface area (Å²) in [6.45, 7) is 0.963. The smallest absolute Gasteiger partial charge is 0.179 e. The molecule has 0 unspecified atom stereocenters. The highest BCUT2D eigenvalue weighted by Crippen LogP contribution is 2.25. The van der Waals surface area contributed by atoms with Crippen molar-refractivity contribution in [1.29, 1.82) is 0 Å². The molecule has 4 nitrogen and oxygen atoms in total. The van der Waals surface area contributed by atoms with Gasteiger partial charge in [-0.2, -0.15) is 0 Å². The number of rotatable bonds is 6. The second kappa shape index (κ2) is 5.38. The minimum atomic E-state index is -3.19. The number of hydrogen-bond donors (Lipinski definition) is 1. The molecule has 2 rings (SSSR count). The molecule has 1 aromatic rings. The van der Waals surface area contributed by atoms with Crippen LogP contribution in [0.1, 0.15) is 18.4 Å². The van der Waals surface area contributed by atoms with Crippen molar-refractivity contribution in [1.82, 2.24) is 4.90 Å². The van der Waals surface area contributed by atoms with Gasteiger partial charge in [0.25, 0.3) is 0 Å². The Balaban J connectivity index is 2.04. The van der Waals surface area contributed by atoms with Crippen LogP contribution in [0.5, 0.6) is 0 Å². The van der Waals surface area contributed by atoms with Crippen LogP contribution in [0, 0.1) is 0 Å². The summed E-state index contributed by atoms with van der Waals surface area (Å²) < 4.78 is 24.4. The largest absolute Gasteiger partial charge is 0.326 e. The minimum Gasteiger partial charge on any atom is -0.326 e. The maximum Gasteiger partial charge on any atom is 0.179 e. The molecule has 0 atom stereocenters. The van der Waals surface area contributed by atoms with Crippen molar-refractivity contribution >= 4 is 9.84 Å². The van der Waals surface area contributed by atoms with Crippen LogP contribution in [0.3, 0.4) is 0 Å². The molecule has 0 heterocycles. The van der Waals surface area contributed by atoms with Gasteiger partial charge in [-0.1, -0.05) is 12.1 Å². The highest BCUT2D eigenvalue weighted by molar-refractivity contribution is 7.91. The van der Waals surface area contributed by atoms with Crippen LogP contribution in [0.25, 0.3) is 0 Å². The maximum atomic E-state index is 12.2. The summed E-state index contributed by atoms with van der Waals surface area (Å²) in [6.07, 6.45) is 2.39. The van der Waals surface area contributed by atoms with E-state index in [-0.39, 0.29) is 5.75 Å². The fourth-order valence-corrected chi connectivity index (χ4v) is 3.33. The number of hydrogen-bond acceptors (Lipinski definition) is 4. The second-order valence-corrected chi connectivity index (χ2v) is 6.99. The van der Waals surface area contributed by atoms with Gasteiger partial charge in [0.1, 0.15) is 0 Å². The number of nitrogens with two attached hydrogens (primary N) is 1. The van der Waals surface area contributed by atoms with E-state index in [0.29, 0.717) is 24.0 Å². The van der Waals surface area contributed by atoms with Gasteiger partial charge >= 0.3 is 0 Å². The average molecular weight is 268 g/mol. The van der Waals surface area contributed by atoms with E-state index in [0.717, 1.165) is 5.56 Å². The van der Waals surface area contributed by atoms with Crippen LogP contribution < -0.4 is 5.73 Å². The fourth-order valence-electron chi connectivity index (χ4n) is 1.95. The predicted octanol–water partition coefficient (Wildman–Crippen LogP) is 1.01. The molecule has 5 heteroatoms. The lowest BCUT2D eigenvalue weighted by molar-refractivity contribution is 0.343. The molecular formula is C13H20N2O2S. The van der Waals surface area contributed by atoms with E-state index in [4.69, 9.17) is 5.73 Å². The second-order valence-electron chi connectivity index (χ2n) is 4.88. The van der Waals surface area contributed by atoms with E-state index in [9.17, 15) is 8.42 Å². The summed E-state index contributed by atoms with van der Waals surface area (Å²) in [5.41, 5.74) is 6.38. The van der Waals surface area contributed by atoms with Crippen molar-refractivity contribution in [3.8, 4) is 0 Å². The van der Waals surface area contributed by atoms with Crippen molar-refractivity contribution in [3.63, 3.8) is 0 Å². The quantitative estimate of drug-likeness (QED) is 0.836. The van der Waals surface area contributed by atoms with Crippen molar-refractivity contribution in [2.24, 2.45) is 5.73 Å². The standard InChI is InChI=1S/C13H20N2O2S/c1-15(12-5-6-12)7-8-18(16,17)13-4-2-3-11(9-13)10-14/h2-4,9,12H,5-8,10,14H2,1H3. The van der Waals surface area contributed by atoms with Gasteiger partial charge in [-0.25, -0.2) is 8.42 Å².